The molecule has 1 fully saturated rings. The number of aromatic nitrogens is 10. The van der Waals surface area contributed by atoms with E-state index in [0.29, 0.717) is 54.5 Å². The SMILES string of the molecule is C.Cc1nc(-c2nc(-c3ccc(OC(F)(F)F)cc3)no2)nn1Cc1cccc(S(=O)(=O)Cl)c1.Cc1nc(-c2nc(-c3ccc(OC(F)(F)F)cc3)no2)nn1Cc1cccc(S(=O)(=O)N2CCN(C)CC2)c1. The molecule has 73 heavy (non-hydrogen) atoms. The van der Waals surface area contributed by atoms with Crippen molar-refractivity contribution in [2.45, 2.75) is 56.9 Å². The van der Waals surface area contributed by atoms with Crippen molar-refractivity contribution in [1.29, 1.82) is 0 Å². The largest absolute Gasteiger partial charge is 0.573 e. The molecule has 20 nitrogen and oxygen atoms in total. The van der Waals surface area contributed by atoms with Gasteiger partial charge in [-0.1, -0.05) is 42.0 Å². The van der Waals surface area contributed by atoms with Gasteiger partial charge in [-0.2, -0.15) is 14.3 Å². The monoisotopic (exact) mass is 1080 g/mol. The van der Waals surface area contributed by atoms with Crippen LogP contribution in [0.3, 0.4) is 0 Å². The maximum Gasteiger partial charge on any atom is 0.573 e. The summed E-state index contributed by atoms with van der Waals surface area (Å²) in [6, 6.07) is 22.8. The van der Waals surface area contributed by atoms with E-state index in [0.717, 1.165) is 29.8 Å². The number of piperazine rings is 1. The maximum atomic E-state index is 13.1. The molecule has 0 unspecified atom stereocenters. The average molecular weight is 1080 g/mol. The summed E-state index contributed by atoms with van der Waals surface area (Å²) < 4.78 is 146. The Kier molecular flexibility index (Phi) is 15.7. The highest BCUT2D eigenvalue weighted by molar-refractivity contribution is 8.13. The Balaban J connectivity index is 0.000000214. The van der Waals surface area contributed by atoms with Gasteiger partial charge in [0.1, 0.15) is 23.1 Å². The quantitative estimate of drug-likeness (QED) is 0.0786. The van der Waals surface area contributed by atoms with E-state index < -0.39 is 31.8 Å². The minimum Gasteiger partial charge on any atom is -0.406 e. The van der Waals surface area contributed by atoms with Crippen molar-refractivity contribution in [2.75, 3.05) is 33.2 Å². The number of nitrogens with zero attached hydrogens (tertiary/aromatic N) is 12. The Bertz CT molecular complexity index is 3410. The summed E-state index contributed by atoms with van der Waals surface area (Å²) in [7, 11) is -0.137. The summed E-state index contributed by atoms with van der Waals surface area (Å²) in [6.45, 7) is 6.11. The lowest BCUT2D eigenvalue weighted by Crippen LogP contribution is -2.47. The second-order valence-electron chi connectivity index (χ2n) is 15.7. The van der Waals surface area contributed by atoms with E-state index in [-0.39, 0.29) is 76.9 Å². The first kappa shape index (κ1) is 53.5. The summed E-state index contributed by atoms with van der Waals surface area (Å²) in [4.78, 5) is 19.4. The van der Waals surface area contributed by atoms with E-state index in [4.69, 9.17) is 19.7 Å². The average Bonchev–Trinajstić information content (AvgIpc) is 4.15. The van der Waals surface area contributed by atoms with Crippen molar-refractivity contribution in [2.24, 2.45) is 0 Å². The maximum absolute atomic E-state index is 13.1. The molecule has 9 rings (SSSR count). The van der Waals surface area contributed by atoms with Crippen LogP contribution >= 0.6 is 10.7 Å². The van der Waals surface area contributed by atoms with Gasteiger partial charge in [0.05, 0.1) is 22.9 Å². The number of ether oxygens (including phenoxy) is 2. The van der Waals surface area contributed by atoms with Crippen LogP contribution in [0, 0.1) is 13.8 Å². The Morgan fingerprint density at radius 1 is 0.589 bits per heavy atom. The van der Waals surface area contributed by atoms with Gasteiger partial charge >= 0.3 is 12.7 Å². The fourth-order valence-corrected chi connectivity index (χ4v) is 9.23. The Morgan fingerprint density at radius 3 is 1.41 bits per heavy atom. The van der Waals surface area contributed by atoms with Gasteiger partial charge in [0.25, 0.3) is 20.8 Å². The van der Waals surface area contributed by atoms with Crippen molar-refractivity contribution in [3.63, 3.8) is 0 Å². The lowest BCUT2D eigenvalue weighted by molar-refractivity contribution is -0.275. The van der Waals surface area contributed by atoms with Crippen LogP contribution in [0.15, 0.2) is 116 Å². The van der Waals surface area contributed by atoms with Crippen LogP contribution in [0.5, 0.6) is 11.5 Å². The predicted octanol–water partition coefficient (Wildman–Crippen LogP) is 8.00. The minimum absolute atomic E-state index is 0. The van der Waals surface area contributed by atoms with Crippen LogP contribution in [-0.2, 0) is 32.2 Å². The first-order valence-electron chi connectivity index (χ1n) is 21.0. The number of hydrogen-bond donors (Lipinski definition) is 0. The zero-order chi connectivity index (χ0) is 51.6. The molecule has 5 heterocycles. The van der Waals surface area contributed by atoms with Crippen LogP contribution in [0.1, 0.15) is 30.2 Å². The molecule has 0 bridgehead atoms. The Hall–Kier alpha value is -7.27. The highest BCUT2D eigenvalue weighted by Crippen LogP contribution is 2.29. The fourth-order valence-electron chi connectivity index (χ4n) is 6.92. The number of aryl methyl sites for hydroxylation is 2. The number of benzene rings is 4. The van der Waals surface area contributed by atoms with Crippen molar-refractivity contribution < 1.29 is 61.7 Å². The second-order valence-corrected chi connectivity index (χ2v) is 20.2. The predicted molar refractivity (Wildman–Crippen MR) is 247 cm³/mol. The molecule has 0 amide bonds. The first-order valence-corrected chi connectivity index (χ1v) is 24.8. The third-order valence-electron chi connectivity index (χ3n) is 10.5. The van der Waals surface area contributed by atoms with Crippen molar-refractivity contribution >= 4 is 29.8 Å². The van der Waals surface area contributed by atoms with Gasteiger partial charge in [0.2, 0.25) is 33.3 Å². The number of halogens is 7. The molecule has 0 saturated carbocycles. The topological polar surface area (TPSA) is 232 Å². The first-order chi connectivity index (χ1) is 34.0. The summed E-state index contributed by atoms with van der Waals surface area (Å²) in [5, 5.41) is 16.4. The molecule has 0 spiro atoms. The van der Waals surface area contributed by atoms with Crippen molar-refractivity contribution in [3.05, 3.63) is 120 Å². The summed E-state index contributed by atoms with van der Waals surface area (Å²) in [5.74, 6) is 0.853. The van der Waals surface area contributed by atoms with E-state index in [1.54, 1.807) is 54.9 Å². The second kappa shape index (κ2) is 21.4. The Labute approximate surface area is 416 Å². The van der Waals surface area contributed by atoms with Gasteiger partial charge < -0.3 is 23.4 Å². The fraction of sp³-hybridized carbons (Fsp3) is 0.273. The number of sulfonamides is 1. The van der Waals surface area contributed by atoms with Crippen molar-refractivity contribution in [1.82, 2.24) is 59.0 Å². The highest BCUT2D eigenvalue weighted by atomic mass is 35.7. The van der Waals surface area contributed by atoms with Crippen LogP contribution in [-0.4, -0.2) is 122 Å². The smallest absolute Gasteiger partial charge is 0.406 e. The molecule has 1 aliphatic heterocycles. The number of likely N-dealkylation sites (N-methyl/N-ethyl adjacent to an activating group) is 1. The number of rotatable bonds is 13. The Morgan fingerprint density at radius 2 is 1.00 bits per heavy atom. The molecule has 4 aromatic carbocycles. The van der Waals surface area contributed by atoms with Crippen molar-refractivity contribution in [3.8, 4) is 57.7 Å². The van der Waals surface area contributed by atoms with E-state index in [9.17, 15) is 43.2 Å². The van der Waals surface area contributed by atoms with E-state index in [2.05, 4.69) is 54.8 Å². The van der Waals surface area contributed by atoms with Gasteiger partial charge in [-0.15, -0.1) is 36.5 Å². The third kappa shape index (κ3) is 13.6. The molecular weight excluding hydrogens is 1040 g/mol. The summed E-state index contributed by atoms with van der Waals surface area (Å²) in [6.07, 6.45) is -9.58. The van der Waals surface area contributed by atoms with Gasteiger partial charge in [-0.25, -0.2) is 36.2 Å². The van der Waals surface area contributed by atoms with Gasteiger partial charge in [-0.3, -0.25) is 0 Å². The molecule has 29 heteroatoms. The molecule has 1 aliphatic rings. The van der Waals surface area contributed by atoms with Crippen LogP contribution in [0.2, 0.25) is 0 Å². The van der Waals surface area contributed by atoms with E-state index in [1.807, 2.05) is 7.05 Å². The van der Waals surface area contributed by atoms with Gasteiger partial charge in [0.15, 0.2) is 0 Å². The standard InChI is InChI=1S/C24H24F3N7O4S.C19H13ClF3N5O4S.CH4/c1-16-28-22(23-29-21(31-38-23)18-6-8-19(9-7-18)37-24(25,26)27)30-34(16)15-17-4-3-5-20(14-17)39(35,36)33-12-10-32(2)11-13-33;1-11-24-17(26-28(11)10-12-3-2-4-15(9-12)33(20,29)30)18-25-16(27-32-18)13-5-7-14(8-6-13)31-19(21,22)23;/h3-9,14H,10-13,15H2,1-2H3;2-9H,10H2,1H3;1H4. The summed E-state index contributed by atoms with van der Waals surface area (Å²) in [5.41, 5.74) is 2.16. The lowest BCUT2D eigenvalue weighted by atomic mass is 10.2. The molecule has 1 saturated heterocycles. The highest BCUT2D eigenvalue weighted by Gasteiger charge is 2.32. The normalized spacial score (nSPS) is 13.8. The molecule has 8 aromatic rings. The molecule has 0 atom stereocenters. The molecule has 386 valence electrons. The van der Waals surface area contributed by atoms with Crippen LogP contribution in [0.25, 0.3) is 46.2 Å². The van der Waals surface area contributed by atoms with Gasteiger partial charge in [-0.05, 0) is 105 Å². The lowest BCUT2D eigenvalue weighted by Gasteiger charge is -2.31. The molecule has 4 aromatic heterocycles. The molecule has 0 radical (unpaired) electrons. The van der Waals surface area contributed by atoms with Crippen LogP contribution in [0.4, 0.5) is 26.3 Å². The third-order valence-corrected chi connectivity index (χ3v) is 13.7. The van der Waals surface area contributed by atoms with Gasteiger partial charge in [0, 0.05) is 48.0 Å². The van der Waals surface area contributed by atoms with E-state index >= 15 is 0 Å². The van der Waals surface area contributed by atoms with E-state index in [1.165, 1.54) is 45.4 Å². The zero-order valence-electron chi connectivity index (χ0n) is 37.6. The molecular formula is C44H41ClF6N12O8S2. The minimum atomic E-state index is -4.79. The number of hydrogen-bond acceptors (Lipinski definition) is 17. The number of alkyl halides is 6. The zero-order valence-corrected chi connectivity index (χ0v) is 40.0. The summed E-state index contributed by atoms with van der Waals surface area (Å²) >= 11 is 0. The molecule has 0 N–H and O–H groups in total. The van der Waals surface area contributed by atoms with Crippen LogP contribution < -0.4 is 9.47 Å². The molecule has 0 aliphatic carbocycles.